The predicted molar refractivity (Wildman–Crippen MR) is 249 cm³/mol. The molecule has 346 valence electrons. The number of phenols is 1. The second-order valence-corrected chi connectivity index (χ2v) is 19.5. The third kappa shape index (κ3) is 9.13. The van der Waals surface area contributed by atoms with Gasteiger partial charge in [0.05, 0.1) is 31.2 Å². The number of Topliss-reactive ketones (excluding diaryl/α,β-unsaturated/α-hetero) is 1. The predicted octanol–water partition coefficient (Wildman–Crippen LogP) is 7.23. The van der Waals surface area contributed by atoms with Crippen molar-refractivity contribution in [2.45, 2.75) is 146 Å². The van der Waals surface area contributed by atoms with Crippen molar-refractivity contribution in [3.05, 3.63) is 122 Å². The Bertz CT molecular complexity index is 2580. The van der Waals surface area contributed by atoms with E-state index in [2.05, 4.69) is 35.4 Å². The van der Waals surface area contributed by atoms with E-state index in [-0.39, 0.29) is 86.4 Å². The van der Waals surface area contributed by atoms with E-state index in [9.17, 15) is 35.1 Å². The van der Waals surface area contributed by atoms with Crippen LogP contribution in [0.25, 0.3) is 0 Å². The first-order valence-corrected chi connectivity index (χ1v) is 23.9. The monoisotopic (exact) mass is 895 g/mol. The van der Waals surface area contributed by atoms with E-state index < -0.39 is 53.6 Å². The first-order chi connectivity index (χ1) is 31.8. The first kappa shape index (κ1) is 45.6. The Hall–Kier alpha value is -5.51. The first-order valence-electron chi connectivity index (χ1n) is 23.9. The summed E-state index contributed by atoms with van der Waals surface area (Å²) in [5, 5.41) is 62.2. The molecule has 6 N–H and O–H groups in total. The number of aliphatic hydroxyl groups is 4. The second-order valence-electron chi connectivity index (χ2n) is 19.5. The molecule has 9 bridgehead atoms. The van der Waals surface area contributed by atoms with E-state index in [0.717, 1.165) is 16.7 Å². The van der Waals surface area contributed by atoms with Gasteiger partial charge in [0.1, 0.15) is 29.0 Å². The molecule has 1 fully saturated rings. The van der Waals surface area contributed by atoms with Crippen LogP contribution in [0.3, 0.4) is 0 Å². The van der Waals surface area contributed by atoms with Crippen LogP contribution in [-0.2, 0) is 51.4 Å². The van der Waals surface area contributed by atoms with Crippen LogP contribution in [-0.4, -0.2) is 73.7 Å². The van der Waals surface area contributed by atoms with Crippen LogP contribution in [0.5, 0.6) is 11.5 Å². The van der Waals surface area contributed by atoms with Crippen molar-refractivity contribution >= 4 is 23.4 Å². The van der Waals surface area contributed by atoms with Crippen LogP contribution in [0, 0.1) is 23.7 Å². The summed E-state index contributed by atoms with van der Waals surface area (Å²) in [6.45, 7) is 3.59. The Morgan fingerprint density at radius 2 is 1.76 bits per heavy atom. The molecule has 11 heteroatoms. The fourth-order valence-electron chi connectivity index (χ4n) is 11.5. The van der Waals surface area contributed by atoms with Gasteiger partial charge in [-0.15, -0.1) is 0 Å². The second kappa shape index (κ2) is 19.0. The Morgan fingerprint density at radius 3 is 2.53 bits per heavy atom. The van der Waals surface area contributed by atoms with Gasteiger partial charge in [-0.25, -0.2) is 4.79 Å². The maximum absolute atomic E-state index is 15.6. The van der Waals surface area contributed by atoms with Gasteiger partial charge in [-0.05, 0) is 121 Å². The highest BCUT2D eigenvalue weighted by molar-refractivity contribution is 5.90. The summed E-state index contributed by atoms with van der Waals surface area (Å²) in [5.41, 5.74) is 5.41. The number of hydrogen-bond donors (Lipinski definition) is 6. The quantitative estimate of drug-likeness (QED) is 0.0762. The SMILES string of the molecule is CCC[C@]1(O)[C@H]2CCC(=O)[C@@H](Cc3ccc4c(c3)C[C@@H](O)/C(=C3\C[C@@H](c5cc(CO)cc(NC[C@H](C)O)c5)C#C[C@H]5CC(=O)Oc6c5cc(c(O)c6[C@@H]5C=CC=CC5)C[C@H]1OC3=O)CC4)C2. The van der Waals surface area contributed by atoms with Gasteiger partial charge in [0.15, 0.2) is 0 Å². The number of hydrogen-bond acceptors (Lipinski definition) is 11. The Kier molecular flexibility index (Phi) is 13.1. The maximum Gasteiger partial charge on any atom is 0.334 e. The van der Waals surface area contributed by atoms with Crippen molar-refractivity contribution in [2.24, 2.45) is 11.8 Å². The lowest BCUT2D eigenvalue weighted by Crippen LogP contribution is -2.54. The zero-order valence-electron chi connectivity index (χ0n) is 37.9. The van der Waals surface area contributed by atoms with Gasteiger partial charge >= 0.3 is 11.9 Å². The van der Waals surface area contributed by atoms with Gasteiger partial charge in [0.2, 0.25) is 0 Å². The molecule has 11 nitrogen and oxygen atoms in total. The summed E-state index contributed by atoms with van der Waals surface area (Å²) >= 11 is 0. The lowest BCUT2D eigenvalue weighted by atomic mass is 9.66. The third-order valence-electron chi connectivity index (χ3n) is 15.0. The number of ketones is 1. The summed E-state index contributed by atoms with van der Waals surface area (Å²) < 4.78 is 12.9. The molecule has 3 aromatic carbocycles. The molecule has 0 saturated heterocycles. The molecule has 0 unspecified atom stereocenters. The number of aromatic hydroxyl groups is 1. The third-order valence-corrected chi connectivity index (χ3v) is 15.0. The van der Waals surface area contributed by atoms with E-state index in [1.807, 2.05) is 43.4 Å². The number of carbonyl (C=O) groups excluding carboxylic acids is 3. The molecule has 0 aromatic heterocycles. The van der Waals surface area contributed by atoms with Gasteiger partial charge in [-0.3, -0.25) is 9.59 Å². The number of benzene rings is 3. The summed E-state index contributed by atoms with van der Waals surface area (Å²) in [7, 11) is 0. The topological polar surface area (TPSA) is 183 Å². The lowest BCUT2D eigenvalue weighted by Gasteiger charge is -2.45. The molecule has 0 radical (unpaired) electrons. The number of ether oxygens (including phenoxy) is 2. The van der Waals surface area contributed by atoms with Crippen LogP contribution < -0.4 is 10.1 Å². The Morgan fingerprint density at radius 1 is 0.924 bits per heavy atom. The number of aliphatic hydroxyl groups excluding tert-OH is 3. The van der Waals surface area contributed by atoms with Gasteiger partial charge in [-0.2, -0.15) is 0 Å². The average molecular weight is 896 g/mol. The average Bonchev–Trinajstić information content (AvgIpc) is 3.45. The molecule has 0 amide bonds. The minimum atomic E-state index is -1.64. The molecule has 3 aliphatic heterocycles. The lowest BCUT2D eigenvalue weighted by molar-refractivity contribution is -0.176. The minimum Gasteiger partial charge on any atom is -0.507 e. The smallest absolute Gasteiger partial charge is 0.334 e. The van der Waals surface area contributed by atoms with E-state index in [0.29, 0.717) is 84.0 Å². The molecule has 6 aliphatic rings. The highest BCUT2D eigenvalue weighted by Crippen LogP contribution is 2.50. The van der Waals surface area contributed by atoms with Gasteiger partial charge in [0.25, 0.3) is 0 Å². The van der Waals surface area contributed by atoms with Gasteiger partial charge in [-0.1, -0.05) is 73.8 Å². The van der Waals surface area contributed by atoms with Crippen molar-refractivity contribution < 1.29 is 49.4 Å². The number of fused-ring (bicyclic) bond motifs is 9. The van der Waals surface area contributed by atoms with Crippen LogP contribution >= 0.6 is 0 Å². The van der Waals surface area contributed by atoms with Crippen LogP contribution in [0.2, 0.25) is 0 Å². The van der Waals surface area contributed by atoms with Gasteiger partial charge < -0.3 is 40.3 Å². The number of allylic oxidation sites excluding steroid dienone is 4. The molecular formula is C55H61NO10. The number of nitrogens with one attached hydrogen (secondary N) is 1. The fourth-order valence-corrected chi connectivity index (χ4v) is 11.5. The number of esters is 2. The fraction of sp³-hybridized carbons (Fsp3) is 0.473. The number of rotatable bonds is 8. The van der Waals surface area contributed by atoms with Crippen LogP contribution in [0.15, 0.2) is 77.9 Å². The minimum absolute atomic E-state index is 0.0131. The molecule has 3 aliphatic carbocycles. The Labute approximate surface area is 386 Å². The van der Waals surface area contributed by atoms with Gasteiger partial charge in [0, 0.05) is 65.9 Å². The largest absolute Gasteiger partial charge is 0.507 e. The van der Waals surface area contributed by atoms with Crippen LogP contribution in [0.4, 0.5) is 5.69 Å². The molecule has 66 heavy (non-hydrogen) atoms. The summed E-state index contributed by atoms with van der Waals surface area (Å²) in [6, 6.07) is 13.5. The van der Waals surface area contributed by atoms with Crippen molar-refractivity contribution in [3.63, 3.8) is 0 Å². The molecule has 3 heterocycles. The van der Waals surface area contributed by atoms with E-state index in [1.54, 1.807) is 19.1 Å². The molecule has 3 aromatic rings. The van der Waals surface area contributed by atoms with Crippen molar-refractivity contribution in [1.29, 1.82) is 0 Å². The van der Waals surface area contributed by atoms with Crippen molar-refractivity contribution in [2.75, 3.05) is 11.9 Å². The highest BCUT2D eigenvalue weighted by atomic mass is 16.6. The normalized spacial score (nSPS) is 29.8. The molecule has 1 saturated carbocycles. The molecule has 9 rings (SSSR count). The standard InChI is InChI=1S/C55H61NO10/c1-3-17-55(64)42-14-16-47(59)40(22-42)19-32-9-10-34-13-15-44(48(60)26-39(34)18-32)46-24-36(38-20-33(30-57)21-43(23-38)56-29-31(2)58)11-12-37-28-50(61)66-53-45(37)25-41(27-49(55)65-54(46)63)52(62)51(53)35-7-5-4-6-8-35/h4-7,9-10,18,20-21,23,25,31,35-37,40,42,48-49,56-58,60,62,64H,3,8,13-17,19,22,24,26-30H2,1-2H3/b46-44+/t31-,35+,36-,37-,40-,42-,48+,49+,55-/m0/s1. The summed E-state index contributed by atoms with van der Waals surface area (Å²) in [6.07, 6.45) is 8.62. The summed E-state index contributed by atoms with van der Waals surface area (Å²) in [5.74, 6) is 3.39. The maximum atomic E-state index is 15.6. The number of phenolic OH excluding ortho intramolecular Hbond substituents is 1. The number of aryl methyl sites for hydroxylation is 1. The van der Waals surface area contributed by atoms with Crippen molar-refractivity contribution in [3.8, 4) is 23.3 Å². The zero-order valence-corrected chi connectivity index (χ0v) is 37.9. The molecule has 9 atom stereocenters. The molecular weight excluding hydrogens is 835 g/mol. The number of anilines is 1. The van der Waals surface area contributed by atoms with Crippen molar-refractivity contribution in [1.82, 2.24) is 0 Å². The van der Waals surface area contributed by atoms with Crippen LogP contribution in [0.1, 0.15) is 134 Å². The number of carbonyl (C=O) groups is 3. The summed E-state index contributed by atoms with van der Waals surface area (Å²) in [4.78, 5) is 43.0. The van der Waals surface area contributed by atoms with E-state index in [1.165, 1.54) is 0 Å². The highest BCUT2D eigenvalue weighted by Gasteiger charge is 2.50. The molecule has 0 spiro atoms. The Balaban J connectivity index is 1.31. The van der Waals surface area contributed by atoms with E-state index in [4.69, 9.17) is 9.47 Å². The zero-order chi connectivity index (χ0) is 46.3. The van der Waals surface area contributed by atoms with E-state index >= 15 is 4.79 Å².